The lowest BCUT2D eigenvalue weighted by molar-refractivity contribution is -0.140. The summed E-state index contributed by atoms with van der Waals surface area (Å²) in [6, 6.07) is 5.50. The SMILES string of the molecule is O=C(NC1CCCC1)c1ccc(OC2CCN(C(=O)CCN3CCCO3)CC2)c(Cl)c1. The third-order valence-electron chi connectivity index (χ3n) is 6.37. The van der Waals surface area contributed by atoms with Crippen molar-refractivity contribution < 1.29 is 19.2 Å². The topological polar surface area (TPSA) is 71.1 Å². The molecule has 170 valence electrons. The van der Waals surface area contributed by atoms with Gasteiger partial charge >= 0.3 is 0 Å². The van der Waals surface area contributed by atoms with Crippen LogP contribution in [0.5, 0.6) is 5.75 Å². The second kappa shape index (κ2) is 10.7. The molecule has 3 fully saturated rings. The number of rotatable bonds is 7. The maximum absolute atomic E-state index is 12.4. The number of nitrogens with one attached hydrogen (secondary N) is 1. The molecule has 0 atom stereocenters. The number of ether oxygens (including phenoxy) is 1. The van der Waals surface area contributed by atoms with Gasteiger partial charge in [0, 0.05) is 57.0 Å². The summed E-state index contributed by atoms with van der Waals surface area (Å²) in [6.07, 6.45) is 7.53. The summed E-state index contributed by atoms with van der Waals surface area (Å²) in [7, 11) is 0. The summed E-state index contributed by atoms with van der Waals surface area (Å²) in [5.74, 6) is 0.686. The molecule has 0 bridgehead atoms. The van der Waals surface area contributed by atoms with Crippen LogP contribution in [0.4, 0.5) is 0 Å². The van der Waals surface area contributed by atoms with Crippen LogP contribution >= 0.6 is 11.6 Å². The van der Waals surface area contributed by atoms with Crippen molar-refractivity contribution in [2.75, 3.05) is 32.8 Å². The van der Waals surface area contributed by atoms with Crippen LogP contribution in [0.25, 0.3) is 0 Å². The van der Waals surface area contributed by atoms with Gasteiger partial charge < -0.3 is 15.0 Å². The van der Waals surface area contributed by atoms with Crippen molar-refractivity contribution in [3.05, 3.63) is 28.8 Å². The summed E-state index contributed by atoms with van der Waals surface area (Å²) in [6.45, 7) is 3.69. The van der Waals surface area contributed by atoms with Crippen molar-refractivity contribution in [1.82, 2.24) is 15.3 Å². The number of nitrogens with zero attached hydrogens (tertiary/aromatic N) is 2. The molecule has 8 heteroatoms. The highest BCUT2D eigenvalue weighted by atomic mass is 35.5. The van der Waals surface area contributed by atoms with Crippen LogP contribution in [0.3, 0.4) is 0 Å². The highest BCUT2D eigenvalue weighted by molar-refractivity contribution is 6.32. The number of amides is 2. The zero-order valence-electron chi connectivity index (χ0n) is 18.0. The Bertz CT molecular complexity index is 770. The molecule has 0 radical (unpaired) electrons. The number of benzene rings is 1. The molecule has 1 aromatic carbocycles. The minimum atomic E-state index is -0.0773. The van der Waals surface area contributed by atoms with Gasteiger partial charge in [-0.2, -0.15) is 5.06 Å². The number of piperidine rings is 1. The molecule has 0 unspecified atom stereocenters. The van der Waals surface area contributed by atoms with Gasteiger partial charge in [0.05, 0.1) is 11.6 Å². The molecule has 0 aromatic heterocycles. The van der Waals surface area contributed by atoms with Gasteiger partial charge in [-0.15, -0.1) is 0 Å². The van der Waals surface area contributed by atoms with E-state index in [4.69, 9.17) is 21.2 Å². The molecule has 4 rings (SSSR count). The van der Waals surface area contributed by atoms with Crippen LogP contribution < -0.4 is 10.1 Å². The van der Waals surface area contributed by atoms with Gasteiger partial charge in [-0.05, 0) is 37.5 Å². The Morgan fingerprint density at radius 1 is 1.10 bits per heavy atom. The fourth-order valence-electron chi connectivity index (χ4n) is 4.53. The highest BCUT2D eigenvalue weighted by Gasteiger charge is 2.25. The molecule has 2 heterocycles. The molecule has 2 aliphatic heterocycles. The van der Waals surface area contributed by atoms with E-state index >= 15 is 0 Å². The van der Waals surface area contributed by atoms with Crippen LogP contribution in [-0.4, -0.2) is 66.7 Å². The summed E-state index contributed by atoms with van der Waals surface area (Å²) < 4.78 is 6.09. The maximum atomic E-state index is 12.4. The molecule has 1 aromatic rings. The van der Waals surface area contributed by atoms with E-state index in [1.54, 1.807) is 18.2 Å². The van der Waals surface area contributed by atoms with Gasteiger partial charge in [-0.1, -0.05) is 24.4 Å². The van der Waals surface area contributed by atoms with Crippen molar-refractivity contribution in [3.63, 3.8) is 0 Å². The number of likely N-dealkylation sites (tertiary alicyclic amines) is 1. The standard InChI is InChI=1S/C23H32ClN3O4/c24-20-16-17(23(29)25-18-4-1-2-5-18)6-7-21(20)31-19-8-12-26(13-9-19)22(28)10-14-27-11-3-15-30-27/h6-7,16,18-19H,1-5,8-15H2,(H,25,29). The number of carbonyl (C=O) groups is 2. The molecule has 7 nitrogen and oxygen atoms in total. The number of hydrogen-bond donors (Lipinski definition) is 1. The van der Waals surface area contributed by atoms with Gasteiger partial charge in [-0.25, -0.2) is 0 Å². The smallest absolute Gasteiger partial charge is 0.251 e. The average Bonchev–Trinajstić information content (AvgIpc) is 3.48. The number of hydrogen-bond acceptors (Lipinski definition) is 5. The van der Waals surface area contributed by atoms with Crippen LogP contribution in [-0.2, 0) is 9.63 Å². The lowest BCUT2D eigenvalue weighted by Gasteiger charge is -2.32. The third kappa shape index (κ3) is 6.11. The van der Waals surface area contributed by atoms with Crippen molar-refractivity contribution in [2.45, 2.75) is 63.5 Å². The summed E-state index contributed by atoms with van der Waals surface area (Å²) in [4.78, 5) is 32.2. The Hall–Kier alpha value is -1.83. The third-order valence-corrected chi connectivity index (χ3v) is 6.67. The molecule has 2 saturated heterocycles. The van der Waals surface area contributed by atoms with Gasteiger partial charge in [0.15, 0.2) is 0 Å². The van der Waals surface area contributed by atoms with E-state index in [2.05, 4.69) is 5.32 Å². The fraction of sp³-hybridized carbons (Fsp3) is 0.652. The first-order chi connectivity index (χ1) is 15.1. The Balaban J connectivity index is 1.22. The lowest BCUT2D eigenvalue weighted by atomic mass is 10.1. The number of carbonyl (C=O) groups excluding carboxylic acids is 2. The van der Waals surface area contributed by atoms with Gasteiger partial charge in [-0.3, -0.25) is 14.4 Å². The van der Waals surface area contributed by atoms with E-state index in [0.29, 0.717) is 42.4 Å². The van der Waals surface area contributed by atoms with Crippen LogP contribution in [0.2, 0.25) is 5.02 Å². The van der Waals surface area contributed by atoms with Crippen LogP contribution in [0.1, 0.15) is 61.7 Å². The first-order valence-electron chi connectivity index (χ1n) is 11.5. The largest absolute Gasteiger partial charge is 0.489 e. The second-order valence-corrected chi connectivity index (χ2v) is 9.07. The summed E-state index contributed by atoms with van der Waals surface area (Å²) in [5.41, 5.74) is 0.562. The van der Waals surface area contributed by atoms with Gasteiger partial charge in [0.2, 0.25) is 5.91 Å². The number of hydroxylamine groups is 2. The first kappa shape index (κ1) is 22.4. The molecule has 31 heavy (non-hydrogen) atoms. The maximum Gasteiger partial charge on any atom is 0.251 e. The monoisotopic (exact) mass is 449 g/mol. The van der Waals surface area contributed by atoms with Crippen molar-refractivity contribution in [3.8, 4) is 5.75 Å². The zero-order valence-corrected chi connectivity index (χ0v) is 18.7. The van der Waals surface area contributed by atoms with E-state index < -0.39 is 0 Å². The van der Waals surface area contributed by atoms with Gasteiger partial charge in [0.25, 0.3) is 5.91 Å². The second-order valence-electron chi connectivity index (χ2n) is 8.66. The quantitative estimate of drug-likeness (QED) is 0.690. The van der Waals surface area contributed by atoms with E-state index in [9.17, 15) is 9.59 Å². The van der Waals surface area contributed by atoms with Crippen molar-refractivity contribution in [1.29, 1.82) is 0 Å². The summed E-state index contributed by atoms with van der Waals surface area (Å²) in [5, 5.41) is 5.41. The van der Waals surface area contributed by atoms with E-state index in [-0.39, 0.29) is 24.0 Å². The van der Waals surface area contributed by atoms with Crippen LogP contribution in [0, 0.1) is 0 Å². The van der Waals surface area contributed by atoms with Crippen molar-refractivity contribution in [2.24, 2.45) is 0 Å². The molecule has 1 saturated carbocycles. The average molecular weight is 450 g/mol. The van der Waals surface area contributed by atoms with Gasteiger partial charge in [0.1, 0.15) is 11.9 Å². The zero-order chi connectivity index (χ0) is 21.6. The molecule has 2 amide bonds. The molecule has 1 aliphatic carbocycles. The number of halogens is 1. The molecular formula is C23H32ClN3O4. The molecule has 0 spiro atoms. The predicted molar refractivity (Wildman–Crippen MR) is 118 cm³/mol. The lowest BCUT2D eigenvalue weighted by Crippen LogP contribution is -2.42. The molecular weight excluding hydrogens is 418 g/mol. The fourth-order valence-corrected chi connectivity index (χ4v) is 4.76. The van der Waals surface area contributed by atoms with E-state index in [1.807, 2.05) is 9.96 Å². The summed E-state index contributed by atoms with van der Waals surface area (Å²) >= 11 is 6.41. The minimum absolute atomic E-state index is 0.0154. The molecule has 1 N–H and O–H groups in total. The Labute approximate surface area is 188 Å². The Kier molecular flexibility index (Phi) is 7.69. The Morgan fingerprint density at radius 2 is 1.87 bits per heavy atom. The highest BCUT2D eigenvalue weighted by Crippen LogP contribution is 2.29. The first-order valence-corrected chi connectivity index (χ1v) is 11.9. The van der Waals surface area contributed by atoms with Crippen LogP contribution in [0.15, 0.2) is 18.2 Å². The molecule has 3 aliphatic rings. The van der Waals surface area contributed by atoms with Crippen molar-refractivity contribution >= 4 is 23.4 Å². The normalized spacial score (nSPS) is 20.9. The minimum Gasteiger partial charge on any atom is -0.489 e. The predicted octanol–water partition coefficient (Wildman–Crippen LogP) is 3.41. The van der Waals surface area contributed by atoms with E-state index in [1.165, 1.54) is 12.8 Å². The Morgan fingerprint density at radius 3 is 2.55 bits per heavy atom. The van der Waals surface area contributed by atoms with E-state index in [0.717, 1.165) is 45.3 Å².